The molecular formula is C11H18N4O. The van der Waals surface area contributed by atoms with E-state index in [1.54, 1.807) is 10.9 Å². The fraction of sp³-hybridized carbons (Fsp3) is 0.636. The highest BCUT2D eigenvalue weighted by Crippen LogP contribution is 2.15. The van der Waals surface area contributed by atoms with Crippen molar-refractivity contribution < 1.29 is 4.79 Å². The molecule has 1 saturated heterocycles. The molecule has 0 bridgehead atoms. The first-order valence-corrected chi connectivity index (χ1v) is 5.63. The van der Waals surface area contributed by atoms with Crippen LogP contribution < -0.4 is 10.6 Å². The van der Waals surface area contributed by atoms with Gasteiger partial charge in [-0.05, 0) is 12.5 Å². The molecule has 1 aromatic heterocycles. The molecule has 5 heteroatoms. The predicted molar refractivity (Wildman–Crippen MR) is 60.6 cm³/mol. The molecule has 88 valence electrons. The Bertz CT molecular complexity index is 374. The Morgan fingerprint density at radius 1 is 1.69 bits per heavy atom. The number of hydrogen-bond donors (Lipinski definition) is 2. The molecule has 2 rings (SSSR count). The van der Waals surface area contributed by atoms with E-state index in [0.29, 0.717) is 12.5 Å². The van der Waals surface area contributed by atoms with Crippen LogP contribution in [-0.2, 0) is 18.4 Å². The van der Waals surface area contributed by atoms with Crippen molar-refractivity contribution in [3.8, 4) is 0 Å². The summed E-state index contributed by atoms with van der Waals surface area (Å²) in [4.78, 5) is 11.9. The first-order chi connectivity index (χ1) is 7.66. The van der Waals surface area contributed by atoms with Gasteiger partial charge < -0.3 is 10.6 Å². The number of nitrogens with one attached hydrogen (secondary N) is 2. The molecule has 0 radical (unpaired) electrons. The fourth-order valence-electron chi connectivity index (χ4n) is 2.04. The van der Waals surface area contributed by atoms with Crippen LogP contribution in [0.1, 0.15) is 12.5 Å². The lowest BCUT2D eigenvalue weighted by Crippen LogP contribution is -2.33. The SMILES string of the molecule is C[C@@H]1CNC[C@H]1C(=O)NCc1cnn(C)c1. The quantitative estimate of drug-likeness (QED) is 0.750. The molecule has 0 aromatic carbocycles. The van der Waals surface area contributed by atoms with Crippen LogP contribution in [0.5, 0.6) is 0 Å². The summed E-state index contributed by atoms with van der Waals surface area (Å²) in [5.41, 5.74) is 1.04. The van der Waals surface area contributed by atoms with Crippen LogP contribution in [0.25, 0.3) is 0 Å². The highest BCUT2D eigenvalue weighted by molar-refractivity contribution is 5.79. The van der Waals surface area contributed by atoms with Crippen LogP contribution in [0.3, 0.4) is 0 Å². The summed E-state index contributed by atoms with van der Waals surface area (Å²) in [5.74, 6) is 0.673. The van der Waals surface area contributed by atoms with Crippen molar-refractivity contribution in [1.29, 1.82) is 0 Å². The minimum Gasteiger partial charge on any atom is -0.352 e. The fourth-order valence-corrected chi connectivity index (χ4v) is 2.04. The van der Waals surface area contributed by atoms with Gasteiger partial charge in [-0.3, -0.25) is 9.48 Å². The summed E-state index contributed by atoms with van der Waals surface area (Å²) in [6.07, 6.45) is 3.69. The Morgan fingerprint density at radius 3 is 3.06 bits per heavy atom. The maximum atomic E-state index is 11.9. The van der Waals surface area contributed by atoms with Gasteiger partial charge in [0.05, 0.1) is 12.1 Å². The lowest BCUT2D eigenvalue weighted by molar-refractivity contribution is -0.125. The molecule has 5 nitrogen and oxygen atoms in total. The largest absolute Gasteiger partial charge is 0.352 e. The average molecular weight is 222 g/mol. The van der Waals surface area contributed by atoms with E-state index in [-0.39, 0.29) is 11.8 Å². The third kappa shape index (κ3) is 2.41. The predicted octanol–water partition coefficient (Wildman–Crippen LogP) is -0.108. The van der Waals surface area contributed by atoms with Crippen molar-refractivity contribution in [2.45, 2.75) is 13.5 Å². The maximum absolute atomic E-state index is 11.9. The molecule has 1 aliphatic rings. The number of rotatable bonds is 3. The van der Waals surface area contributed by atoms with Crippen molar-refractivity contribution >= 4 is 5.91 Å². The molecule has 0 saturated carbocycles. The van der Waals surface area contributed by atoms with Crippen molar-refractivity contribution in [2.75, 3.05) is 13.1 Å². The van der Waals surface area contributed by atoms with Crippen LogP contribution in [-0.4, -0.2) is 28.8 Å². The van der Waals surface area contributed by atoms with Crippen LogP contribution in [0.4, 0.5) is 0 Å². The zero-order valence-electron chi connectivity index (χ0n) is 9.73. The Kier molecular flexibility index (Phi) is 3.24. The summed E-state index contributed by atoms with van der Waals surface area (Å²) < 4.78 is 1.74. The topological polar surface area (TPSA) is 59.0 Å². The highest BCUT2D eigenvalue weighted by atomic mass is 16.1. The Morgan fingerprint density at radius 2 is 2.50 bits per heavy atom. The van der Waals surface area contributed by atoms with E-state index in [2.05, 4.69) is 22.7 Å². The van der Waals surface area contributed by atoms with E-state index < -0.39 is 0 Å². The van der Waals surface area contributed by atoms with Crippen LogP contribution in [0, 0.1) is 11.8 Å². The number of carbonyl (C=O) groups is 1. The Balaban J connectivity index is 1.83. The Labute approximate surface area is 95.2 Å². The van der Waals surface area contributed by atoms with Gasteiger partial charge >= 0.3 is 0 Å². The minimum atomic E-state index is 0.108. The Hall–Kier alpha value is -1.36. The molecule has 0 unspecified atom stereocenters. The molecule has 1 amide bonds. The van der Waals surface area contributed by atoms with E-state index in [1.165, 1.54) is 0 Å². The van der Waals surface area contributed by atoms with Crippen LogP contribution >= 0.6 is 0 Å². The molecule has 2 N–H and O–H groups in total. The zero-order chi connectivity index (χ0) is 11.5. The molecule has 0 spiro atoms. The van der Waals surface area contributed by atoms with Gasteiger partial charge in [0.25, 0.3) is 0 Å². The van der Waals surface area contributed by atoms with Crippen molar-refractivity contribution in [3.63, 3.8) is 0 Å². The van der Waals surface area contributed by atoms with Gasteiger partial charge in [-0.25, -0.2) is 0 Å². The normalized spacial score (nSPS) is 24.6. The van der Waals surface area contributed by atoms with E-state index in [0.717, 1.165) is 18.7 Å². The second kappa shape index (κ2) is 4.65. The van der Waals surface area contributed by atoms with Gasteiger partial charge in [-0.2, -0.15) is 5.10 Å². The van der Waals surface area contributed by atoms with E-state index in [1.807, 2.05) is 13.2 Å². The standard InChI is InChI=1S/C11H18N4O/c1-8-3-12-6-10(8)11(16)13-4-9-5-14-15(2)7-9/h5,7-8,10,12H,3-4,6H2,1-2H3,(H,13,16)/t8-,10-/m1/s1. The number of aryl methyl sites for hydroxylation is 1. The molecular weight excluding hydrogens is 204 g/mol. The van der Waals surface area contributed by atoms with Crippen molar-refractivity contribution in [3.05, 3.63) is 18.0 Å². The van der Waals surface area contributed by atoms with Gasteiger partial charge in [0.1, 0.15) is 0 Å². The molecule has 1 aliphatic heterocycles. The van der Waals surface area contributed by atoms with E-state index in [9.17, 15) is 4.79 Å². The summed E-state index contributed by atoms with van der Waals surface area (Å²) in [6, 6.07) is 0. The van der Waals surface area contributed by atoms with Crippen molar-refractivity contribution in [2.24, 2.45) is 18.9 Å². The lowest BCUT2D eigenvalue weighted by atomic mass is 9.97. The average Bonchev–Trinajstić information content (AvgIpc) is 2.84. The third-order valence-electron chi connectivity index (χ3n) is 3.08. The number of hydrogen-bond acceptors (Lipinski definition) is 3. The highest BCUT2D eigenvalue weighted by Gasteiger charge is 2.29. The lowest BCUT2D eigenvalue weighted by Gasteiger charge is -2.13. The smallest absolute Gasteiger partial charge is 0.224 e. The summed E-state index contributed by atoms with van der Waals surface area (Å²) in [7, 11) is 1.87. The van der Waals surface area contributed by atoms with Crippen LogP contribution in [0.15, 0.2) is 12.4 Å². The van der Waals surface area contributed by atoms with Crippen molar-refractivity contribution in [1.82, 2.24) is 20.4 Å². The number of amides is 1. The first-order valence-electron chi connectivity index (χ1n) is 5.63. The van der Waals surface area contributed by atoms with Gasteiger partial charge in [-0.1, -0.05) is 6.92 Å². The van der Waals surface area contributed by atoms with Gasteiger partial charge in [-0.15, -0.1) is 0 Å². The minimum absolute atomic E-state index is 0.108. The first kappa shape index (κ1) is 11.1. The van der Waals surface area contributed by atoms with E-state index in [4.69, 9.17) is 0 Å². The number of aromatic nitrogens is 2. The maximum Gasteiger partial charge on any atom is 0.224 e. The third-order valence-corrected chi connectivity index (χ3v) is 3.08. The molecule has 16 heavy (non-hydrogen) atoms. The van der Waals surface area contributed by atoms with Crippen LogP contribution in [0.2, 0.25) is 0 Å². The van der Waals surface area contributed by atoms with E-state index >= 15 is 0 Å². The summed E-state index contributed by atoms with van der Waals surface area (Å²) in [6.45, 7) is 4.40. The zero-order valence-corrected chi connectivity index (χ0v) is 9.73. The summed E-state index contributed by atoms with van der Waals surface area (Å²) >= 11 is 0. The van der Waals surface area contributed by atoms with Gasteiger partial charge in [0.2, 0.25) is 5.91 Å². The molecule has 1 fully saturated rings. The molecule has 2 heterocycles. The second-order valence-electron chi connectivity index (χ2n) is 4.48. The van der Waals surface area contributed by atoms with Gasteiger partial charge in [0.15, 0.2) is 0 Å². The molecule has 1 aromatic rings. The molecule has 2 atom stereocenters. The van der Waals surface area contributed by atoms with Gasteiger partial charge in [0, 0.05) is 31.9 Å². The summed E-state index contributed by atoms with van der Waals surface area (Å²) in [5, 5.41) is 10.2. The number of carbonyl (C=O) groups excluding carboxylic acids is 1. The molecule has 0 aliphatic carbocycles. The number of nitrogens with zero attached hydrogens (tertiary/aromatic N) is 2. The second-order valence-corrected chi connectivity index (χ2v) is 4.48. The monoisotopic (exact) mass is 222 g/mol.